The van der Waals surface area contributed by atoms with Crippen LogP contribution in [0.5, 0.6) is 0 Å². The molecule has 0 aromatic heterocycles. The van der Waals surface area contributed by atoms with Gasteiger partial charge in [-0.05, 0) is 36.4 Å². The molecule has 0 fully saturated rings. The molecule has 102 valence electrons. The summed E-state index contributed by atoms with van der Waals surface area (Å²) < 4.78 is 52.6. The Balaban J connectivity index is 2.38. The van der Waals surface area contributed by atoms with E-state index in [1.165, 1.54) is 24.3 Å². The molecule has 0 aliphatic carbocycles. The second-order valence-electron chi connectivity index (χ2n) is 3.84. The predicted molar refractivity (Wildman–Crippen MR) is 68.3 cm³/mol. The van der Waals surface area contributed by atoms with Crippen LogP contribution in [0.2, 0.25) is 0 Å². The van der Waals surface area contributed by atoms with Gasteiger partial charge in [-0.25, -0.2) is 17.2 Å². The Bertz CT molecular complexity index is 761. The molecule has 0 unspecified atom stereocenters. The van der Waals surface area contributed by atoms with Crippen LogP contribution in [-0.2, 0) is 10.0 Å². The smallest absolute Gasteiger partial charge is 0.262 e. The van der Waals surface area contributed by atoms with E-state index in [1.54, 1.807) is 0 Å². The molecule has 20 heavy (non-hydrogen) atoms. The van der Waals surface area contributed by atoms with Crippen LogP contribution in [0, 0.1) is 23.0 Å². The number of para-hydroxylation sites is 1. The molecule has 1 N–H and O–H groups in total. The summed E-state index contributed by atoms with van der Waals surface area (Å²) in [6.45, 7) is 0. The minimum atomic E-state index is -4.12. The fourth-order valence-electron chi connectivity index (χ4n) is 1.50. The van der Waals surface area contributed by atoms with Gasteiger partial charge in [0.1, 0.15) is 17.3 Å². The standard InChI is InChI=1S/C13H8F2N2O2S/c14-11-2-1-3-12(15)13(11)17-20(18,19)10-6-4-9(8-16)5-7-10/h1-7,17H. The molecule has 4 nitrogen and oxygen atoms in total. The van der Waals surface area contributed by atoms with Crippen LogP contribution in [0.15, 0.2) is 47.4 Å². The first-order chi connectivity index (χ1) is 9.44. The van der Waals surface area contributed by atoms with Crippen molar-refractivity contribution in [2.45, 2.75) is 4.90 Å². The molecule has 0 saturated carbocycles. The van der Waals surface area contributed by atoms with Gasteiger partial charge in [-0.1, -0.05) is 6.07 Å². The van der Waals surface area contributed by atoms with E-state index in [4.69, 9.17) is 5.26 Å². The van der Waals surface area contributed by atoms with Gasteiger partial charge >= 0.3 is 0 Å². The van der Waals surface area contributed by atoms with E-state index in [2.05, 4.69) is 0 Å². The summed E-state index contributed by atoms with van der Waals surface area (Å²) in [5, 5.41) is 8.63. The molecule has 0 heterocycles. The maximum Gasteiger partial charge on any atom is 0.262 e. The number of sulfonamides is 1. The third-order valence-corrected chi connectivity index (χ3v) is 3.86. The van der Waals surface area contributed by atoms with Gasteiger partial charge < -0.3 is 0 Å². The van der Waals surface area contributed by atoms with Gasteiger partial charge in [0, 0.05) is 0 Å². The van der Waals surface area contributed by atoms with E-state index in [9.17, 15) is 17.2 Å². The Morgan fingerprint density at radius 3 is 2.05 bits per heavy atom. The lowest BCUT2D eigenvalue weighted by molar-refractivity contribution is 0.583. The number of hydrogen-bond acceptors (Lipinski definition) is 3. The molecular formula is C13H8F2N2O2S. The van der Waals surface area contributed by atoms with Crippen LogP contribution in [0.25, 0.3) is 0 Å². The van der Waals surface area contributed by atoms with Crippen LogP contribution >= 0.6 is 0 Å². The summed E-state index contributed by atoms with van der Waals surface area (Å²) in [7, 11) is -4.12. The first-order valence-electron chi connectivity index (χ1n) is 5.41. The fraction of sp³-hybridized carbons (Fsp3) is 0. The van der Waals surface area contributed by atoms with Crippen molar-refractivity contribution >= 4 is 15.7 Å². The van der Waals surface area contributed by atoms with E-state index in [1.807, 2.05) is 10.8 Å². The third-order valence-electron chi connectivity index (χ3n) is 2.49. The van der Waals surface area contributed by atoms with Gasteiger partial charge in [-0.3, -0.25) is 4.72 Å². The fourth-order valence-corrected chi connectivity index (χ4v) is 2.57. The van der Waals surface area contributed by atoms with E-state index in [0.29, 0.717) is 0 Å². The number of rotatable bonds is 3. The first kappa shape index (κ1) is 14.0. The van der Waals surface area contributed by atoms with Crippen LogP contribution < -0.4 is 4.72 Å². The Kier molecular flexibility index (Phi) is 3.68. The lowest BCUT2D eigenvalue weighted by Crippen LogP contribution is -2.15. The van der Waals surface area contributed by atoms with Crippen molar-refractivity contribution in [3.8, 4) is 6.07 Å². The molecule has 0 aliphatic heterocycles. The lowest BCUT2D eigenvalue weighted by atomic mass is 10.2. The third kappa shape index (κ3) is 2.75. The molecule has 0 aliphatic rings. The monoisotopic (exact) mass is 294 g/mol. The lowest BCUT2D eigenvalue weighted by Gasteiger charge is -2.09. The zero-order valence-corrected chi connectivity index (χ0v) is 10.8. The maximum absolute atomic E-state index is 13.4. The van der Waals surface area contributed by atoms with Crippen molar-refractivity contribution in [3.05, 3.63) is 59.7 Å². The Labute approximate surface area is 114 Å². The van der Waals surface area contributed by atoms with Crippen molar-refractivity contribution in [2.75, 3.05) is 4.72 Å². The van der Waals surface area contributed by atoms with Crippen molar-refractivity contribution < 1.29 is 17.2 Å². The average molecular weight is 294 g/mol. The number of nitrogens with one attached hydrogen (secondary N) is 1. The predicted octanol–water partition coefficient (Wildman–Crippen LogP) is 2.64. The first-order valence-corrected chi connectivity index (χ1v) is 6.89. The van der Waals surface area contributed by atoms with E-state index in [-0.39, 0.29) is 10.5 Å². The van der Waals surface area contributed by atoms with Gasteiger partial charge in [-0.15, -0.1) is 0 Å². The summed E-state index contributed by atoms with van der Waals surface area (Å²) in [6, 6.07) is 9.81. The molecule has 0 amide bonds. The van der Waals surface area contributed by atoms with Crippen LogP contribution in [-0.4, -0.2) is 8.42 Å². The molecule has 2 aromatic rings. The Morgan fingerprint density at radius 1 is 1.00 bits per heavy atom. The zero-order chi connectivity index (χ0) is 14.8. The van der Waals surface area contributed by atoms with Crippen molar-refractivity contribution in [2.24, 2.45) is 0 Å². The van der Waals surface area contributed by atoms with Gasteiger partial charge in [0.05, 0.1) is 16.5 Å². The Hall–Kier alpha value is -2.46. The zero-order valence-electron chi connectivity index (χ0n) is 9.97. The van der Waals surface area contributed by atoms with Gasteiger partial charge in [-0.2, -0.15) is 5.26 Å². The highest BCUT2D eigenvalue weighted by molar-refractivity contribution is 7.92. The highest BCUT2D eigenvalue weighted by atomic mass is 32.2. The summed E-state index contributed by atoms with van der Waals surface area (Å²) in [5.74, 6) is -2.02. The summed E-state index contributed by atoms with van der Waals surface area (Å²) in [5.41, 5.74) is -0.460. The molecule has 0 radical (unpaired) electrons. The quantitative estimate of drug-likeness (QED) is 0.946. The van der Waals surface area contributed by atoms with Crippen LogP contribution in [0.1, 0.15) is 5.56 Å². The van der Waals surface area contributed by atoms with Crippen LogP contribution in [0.3, 0.4) is 0 Å². The number of benzene rings is 2. The molecule has 2 aromatic carbocycles. The number of halogens is 2. The molecule has 2 rings (SSSR count). The molecule has 7 heteroatoms. The molecule has 0 spiro atoms. The van der Waals surface area contributed by atoms with E-state index >= 15 is 0 Å². The minimum Gasteiger partial charge on any atom is -0.274 e. The second-order valence-corrected chi connectivity index (χ2v) is 5.52. The van der Waals surface area contributed by atoms with Crippen LogP contribution in [0.4, 0.5) is 14.5 Å². The second kappa shape index (κ2) is 5.27. The van der Waals surface area contributed by atoms with Crippen molar-refractivity contribution in [1.82, 2.24) is 0 Å². The number of anilines is 1. The van der Waals surface area contributed by atoms with Crippen molar-refractivity contribution in [3.63, 3.8) is 0 Å². The number of nitrogens with zero attached hydrogens (tertiary/aromatic N) is 1. The maximum atomic E-state index is 13.4. The van der Waals surface area contributed by atoms with Gasteiger partial charge in [0.25, 0.3) is 10.0 Å². The number of hydrogen-bond donors (Lipinski definition) is 1. The van der Waals surface area contributed by atoms with E-state index in [0.717, 1.165) is 18.2 Å². The van der Waals surface area contributed by atoms with Crippen molar-refractivity contribution in [1.29, 1.82) is 5.26 Å². The molecule has 0 saturated heterocycles. The minimum absolute atomic E-state index is 0.195. The summed E-state index contributed by atoms with van der Waals surface area (Å²) in [6.07, 6.45) is 0. The molecule has 0 atom stereocenters. The van der Waals surface area contributed by atoms with Gasteiger partial charge in [0.15, 0.2) is 0 Å². The normalized spacial score (nSPS) is 10.8. The number of nitriles is 1. The summed E-state index contributed by atoms with van der Waals surface area (Å²) >= 11 is 0. The van der Waals surface area contributed by atoms with E-state index < -0.39 is 27.3 Å². The highest BCUT2D eigenvalue weighted by Crippen LogP contribution is 2.22. The largest absolute Gasteiger partial charge is 0.274 e. The average Bonchev–Trinajstić information content (AvgIpc) is 2.43. The highest BCUT2D eigenvalue weighted by Gasteiger charge is 2.18. The molecular weight excluding hydrogens is 286 g/mol. The Morgan fingerprint density at radius 2 is 1.55 bits per heavy atom. The van der Waals surface area contributed by atoms with Gasteiger partial charge in [0.2, 0.25) is 0 Å². The summed E-state index contributed by atoms with van der Waals surface area (Å²) in [4.78, 5) is -0.195. The SMILES string of the molecule is N#Cc1ccc(S(=O)(=O)Nc2c(F)cccc2F)cc1. The molecule has 0 bridgehead atoms. The topological polar surface area (TPSA) is 70.0 Å².